The van der Waals surface area contributed by atoms with E-state index in [9.17, 15) is 12.8 Å². The average molecular weight is 531 g/mol. The molecule has 0 aliphatic heterocycles. The van der Waals surface area contributed by atoms with Crippen LogP contribution in [0.25, 0.3) is 11.3 Å². The zero-order chi connectivity index (χ0) is 25.5. The van der Waals surface area contributed by atoms with Crippen LogP contribution in [0.1, 0.15) is 36.9 Å². The quantitative estimate of drug-likeness (QED) is 0.371. The van der Waals surface area contributed by atoms with Gasteiger partial charge in [-0.1, -0.05) is 29.8 Å². The lowest BCUT2D eigenvalue weighted by molar-refractivity contribution is 0.292. The lowest BCUT2D eigenvalue weighted by Crippen LogP contribution is -2.36. The molecular formula is C27H32ClFN4O2S. The highest BCUT2D eigenvalue weighted by molar-refractivity contribution is 7.90. The SMILES string of the molecule is CS(=O)(=O)CCNC1CCC(Cc2cc(-c3cccc(NCc4cccc(F)c4)n3)c(Cl)cn2)CC1. The van der Waals surface area contributed by atoms with Crippen LogP contribution >= 0.6 is 11.6 Å². The number of pyridine rings is 2. The van der Waals surface area contributed by atoms with Gasteiger partial charge in [0.05, 0.1) is 16.5 Å². The van der Waals surface area contributed by atoms with Crippen molar-refractivity contribution in [1.29, 1.82) is 0 Å². The average Bonchev–Trinajstić information content (AvgIpc) is 2.84. The molecule has 1 aliphatic carbocycles. The van der Waals surface area contributed by atoms with Gasteiger partial charge in [-0.3, -0.25) is 4.98 Å². The molecule has 3 aromatic rings. The number of anilines is 1. The Bertz CT molecular complexity index is 1280. The number of benzene rings is 1. The van der Waals surface area contributed by atoms with E-state index in [2.05, 4.69) is 15.6 Å². The van der Waals surface area contributed by atoms with Crippen LogP contribution in [0.4, 0.5) is 10.2 Å². The molecule has 0 amide bonds. The fraction of sp³-hybridized carbons (Fsp3) is 0.407. The zero-order valence-electron chi connectivity index (χ0n) is 20.4. The monoisotopic (exact) mass is 530 g/mol. The summed E-state index contributed by atoms with van der Waals surface area (Å²) in [4.78, 5) is 9.28. The van der Waals surface area contributed by atoms with Crippen LogP contribution in [0, 0.1) is 11.7 Å². The Morgan fingerprint density at radius 2 is 1.86 bits per heavy atom. The minimum atomic E-state index is -2.93. The van der Waals surface area contributed by atoms with Crippen LogP contribution in [-0.2, 0) is 22.8 Å². The van der Waals surface area contributed by atoms with E-state index in [1.807, 2.05) is 30.3 Å². The Balaban J connectivity index is 1.35. The largest absolute Gasteiger partial charge is 0.366 e. The van der Waals surface area contributed by atoms with Crippen molar-refractivity contribution in [3.05, 3.63) is 76.8 Å². The van der Waals surface area contributed by atoms with Gasteiger partial charge in [0.2, 0.25) is 0 Å². The molecule has 1 aromatic carbocycles. The molecule has 0 atom stereocenters. The van der Waals surface area contributed by atoms with Gasteiger partial charge in [-0.2, -0.15) is 0 Å². The smallest absolute Gasteiger partial charge is 0.148 e. The van der Waals surface area contributed by atoms with Gasteiger partial charge in [-0.15, -0.1) is 0 Å². The van der Waals surface area contributed by atoms with E-state index in [4.69, 9.17) is 16.6 Å². The lowest BCUT2D eigenvalue weighted by Gasteiger charge is -2.29. The summed E-state index contributed by atoms with van der Waals surface area (Å²) in [6.07, 6.45) is 8.07. The number of hydrogen-bond donors (Lipinski definition) is 2. The third-order valence-corrected chi connectivity index (χ3v) is 7.80. The molecule has 1 fully saturated rings. The van der Waals surface area contributed by atoms with E-state index in [1.54, 1.807) is 12.3 Å². The summed E-state index contributed by atoms with van der Waals surface area (Å²) in [5.74, 6) is 1.14. The topological polar surface area (TPSA) is 84.0 Å². The van der Waals surface area contributed by atoms with Crippen molar-refractivity contribution in [2.45, 2.75) is 44.7 Å². The molecule has 1 saturated carbocycles. The summed E-state index contributed by atoms with van der Waals surface area (Å²) in [6.45, 7) is 0.981. The number of nitrogens with zero attached hydrogens (tertiary/aromatic N) is 2. The minimum absolute atomic E-state index is 0.181. The van der Waals surface area contributed by atoms with Crippen LogP contribution < -0.4 is 10.6 Å². The van der Waals surface area contributed by atoms with E-state index < -0.39 is 9.84 Å². The summed E-state index contributed by atoms with van der Waals surface area (Å²) >= 11 is 6.50. The molecule has 2 N–H and O–H groups in total. The predicted octanol–water partition coefficient (Wildman–Crippen LogP) is 5.28. The first-order valence-corrected chi connectivity index (χ1v) is 14.7. The first-order valence-electron chi connectivity index (χ1n) is 12.3. The summed E-state index contributed by atoms with van der Waals surface area (Å²) in [6, 6.07) is 14.6. The number of aromatic nitrogens is 2. The van der Waals surface area contributed by atoms with Gasteiger partial charge in [-0.05, 0) is 73.9 Å². The molecule has 0 spiro atoms. The van der Waals surface area contributed by atoms with Crippen molar-refractivity contribution in [2.24, 2.45) is 5.92 Å². The summed E-state index contributed by atoms with van der Waals surface area (Å²) in [5.41, 5.74) is 3.42. The summed E-state index contributed by atoms with van der Waals surface area (Å²) in [5, 5.41) is 7.18. The van der Waals surface area contributed by atoms with Crippen molar-refractivity contribution in [3.63, 3.8) is 0 Å². The van der Waals surface area contributed by atoms with Gasteiger partial charge in [0, 0.05) is 42.8 Å². The molecule has 6 nitrogen and oxygen atoms in total. The van der Waals surface area contributed by atoms with Crippen molar-refractivity contribution in [1.82, 2.24) is 15.3 Å². The first kappa shape index (κ1) is 26.5. The molecule has 4 rings (SSSR count). The summed E-state index contributed by atoms with van der Waals surface area (Å²) < 4.78 is 36.1. The van der Waals surface area contributed by atoms with Crippen LogP contribution in [-0.4, -0.2) is 43.0 Å². The van der Waals surface area contributed by atoms with Crippen molar-refractivity contribution in [2.75, 3.05) is 23.9 Å². The van der Waals surface area contributed by atoms with Gasteiger partial charge in [0.15, 0.2) is 0 Å². The first-order chi connectivity index (χ1) is 17.2. The number of halogens is 2. The van der Waals surface area contributed by atoms with Gasteiger partial charge >= 0.3 is 0 Å². The van der Waals surface area contributed by atoms with Crippen LogP contribution in [0.2, 0.25) is 5.02 Å². The molecule has 0 saturated heterocycles. The Hall–Kier alpha value is -2.55. The maximum atomic E-state index is 13.4. The second-order valence-electron chi connectivity index (χ2n) is 9.55. The highest BCUT2D eigenvalue weighted by atomic mass is 35.5. The maximum Gasteiger partial charge on any atom is 0.148 e. The molecule has 36 heavy (non-hydrogen) atoms. The standard InChI is InChI=1S/C27H32ClFN4O2S/c1-36(34,35)13-12-30-22-10-8-19(9-11-22)15-23-16-24(25(28)18-31-23)26-6-3-7-27(33-26)32-17-20-4-2-5-21(29)14-20/h2-7,14,16,18-19,22,30H,8-13,15,17H2,1H3,(H,32,33). The highest BCUT2D eigenvalue weighted by Crippen LogP contribution is 2.31. The number of sulfone groups is 1. The molecule has 9 heteroatoms. The third-order valence-electron chi connectivity index (χ3n) is 6.55. The molecule has 2 heterocycles. The molecule has 1 aliphatic rings. The van der Waals surface area contributed by atoms with Crippen LogP contribution in [0.3, 0.4) is 0 Å². The molecule has 0 bridgehead atoms. The van der Waals surface area contributed by atoms with Gasteiger partial charge in [-0.25, -0.2) is 17.8 Å². The van der Waals surface area contributed by atoms with E-state index in [-0.39, 0.29) is 11.6 Å². The van der Waals surface area contributed by atoms with Crippen molar-refractivity contribution in [3.8, 4) is 11.3 Å². The fourth-order valence-electron chi connectivity index (χ4n) is 4.63. The highest BCUT2D eigenvalue weighted by Gasteiger charge is 2.22. The van der Waals surface area contributed by atoms with Crippen LogP contribution in [0.15, 0.2) is 54.7 Å². The Kier molecular flexibility index (Phi) is 8.93. The fourth-order valence-corrected chi connectivity index (χ4v) is 5.32. The van der Waals surface area contributed by atoms with E-state index in [0.717, 1.165) is 54.6 Å². The van der Waals surface area contributed by atoms with E-state index in [0.29, 0.717) is 35.9 Å². The molecule has 2 aromatic heterocycles. The van der Waals surface area contributed by atoms with Gasteiger partial charge in [0.1, 0.15) is 21.5 Å². The van der Waals surface area contributed by atoms with Crippen molar-refractivity contribution >= 4 is 27.3 Å². The second kappa shape index (κ2) is 12.1. The van der Waals surface area contributed by atoms with Gasteiger partial charge in [0.25, 0.3) is 0 Å². The maximum absolute atomic E-state index is 13.4. The number of nitrogens with one attached hydrogen (secondary N) is 2. The zero-order valence-corrected chi connectivity index (χ0v) is 22.0. The Morgan fingerprint density at radius 3 is 2.61 bits per heavy atom. The van der Waals surface area contributed by atoms with Crippen molar-refractivity contribution < 1.29 is 12.8 Å². The normalized spacial score (nSPS) is 18.2. The number of hydrogen-bond acceptors (Lipinski definition) is 6. The molecule has 0 radical (unpaired) electrons. The van der Waals surface area contributed by atoms with Gasteiger partial charge < -0.3 is 10.6 Å². The van der Waals surface area contributed by atoms with Crippen LogP contribution in [0.5, 0.6) is 0 Å². The Labute approximate surface area is 217 Å². The Morgan fingerprint density at radius 1 is 1.08 bits per heavy atom. The molecular weight excluding hydrogens is 499 g/mol. The summed E-state index contributed by atoms with van der Waals surface area (Å²) in [7, 11) is -2.93. The molecule has 0 unspecified atom stereocenters. The third kappa shape index (κ3) is 7.98. The minimum Gasteiger partial charge on any atom is -0.366 e. The lowest BCUT2D eigenvalue weighted by atomic mass is 9.83. The predicted molar refractivity (Wildman–Crippen MR) is 143 cm³/mol. The van der Waals surface area contributed by atoms with E-state index in [1.165, 1.54) is 18.4 Å². The second-order valence-corrected chi connectivity index (χ2v) is 12.2. The number of rotatable bonds is 10. The molecule has 192 valence electrons. The van der Waals surface area contributed by atoms with E-state index >= 15 is 0 Å².